The topological polar surface area (TPSA) is 38.0 Å². The van der Waals surface area contributed by atoms with Crippen LogP contribution < -0.4 is 0 Å². The summed E-state index contributed by atoms with van der Waals surface area (Å²) in [6, 6.07) is 0. The SMILES string of the molecule is Cn1cc(CC(C)(C)O)c(C(F)F)n1. The Morgan fingerprint density at radius 2 is 2.14 bits per heavy atom. The van der Waals surface area contributed by atoms with E-state index in [4.69, 9.17) is 0 Å². The highest BCUT2D eigenvalue weighted by molar-refractivity contribution is 5.20. The zero-order valence-corrected chi connectivity index (χ0v) is 8.46. The van der Waals surface area contributed by atoms with E-state index in [-0.39, 0.29) is 12.1 Å². The standard InChI is InChI=1S/C9H14F2N2O/c1-9(2,14)4-6-5-13(3)12-7(6)8(10)11/h5,8,14H,4H2,1-3H3. The minimum absolute atomic E-state index is 0.181. The molecular weight excluding hydrogens is 190 g/mol. The van der Waals surface area contributed by atoms with Crippen LogP contribution in [0.15, 0.2) is 6.20 Å². The molecule has 0 aliphatic heterocycles. The summed E-state index contributed by atoms with van der Waals surface area (Å²) in [4.78, 5) is 0. The number of rotatable bonds is 3. The quantitative estimate of drug-likeness (QED) is 0.813. The molecule has 0 aromatic carbocycles. The third-order valence-electron chi connectivity index (χ3n) is 1.77. The van der Waals surface area contributed by atoms with Crippen LogP contribution in [0, 0.1) is 0 Å². The first-order chi connectivity index (χ1) is 6.29. The first kappa shape index (κ1) is 11.1. The maximum Gasteiger partial charge on any atom is 0.282 e. The molecule has 0 spiro atoms. The Balaban J connectivity index is 2.96. The monoisotopic (exact) mass is 204 g/mol. The van der Waals surface area contributed by atoms with Crippen molar-refractivity contribution in [1.82, 2.24) is 9.78 Å². The number of aryl methyl sites for hydroxylation is 1. The van der Waals surface area contributed by atoms with Gasteiger partial charge in [0.25, 0.3) is 6.43 Å². The summed E-state index contributed by atoms with van der Waals surface area (Å²) >= 11 is 0. The van der Waals surface area contributed by atoms with Gasteiger partial charge >= 0.3 is 0 Å². The first-order valence-electron chi connectivity index (χ1n) is 4.32. The molecule has 5 heteroatoms. The van der Waals surface area contributed by atoms with Gasteiger partial charge in [0.1, 0.15) is 5.69 Å². The van der Waals surface area contributed by atoms with Gasteiger partial charge in [-0.25, -0.2) is 8.78 Å². The first-order valence-corrected chi connectivity index (χ1v) is 4.32. The van der Waals surface area contributed by atoms with Crippen molar-refractivity contribution in [3.8, 4) is 0 Å². The third-order valence-corrected chi connectivity index (χ3v) is 1.77. The van der Waals surface area contributed by atoms with E-state index in [1.165, 1.54) is 10.9 Å². The van der Waals surface area contributed by atoms with Crippen molar-refractivity contribution >= 4 is 0 Å². The molecule has 1 aromatic heterocycles. The molecule has 0 amide bonds. The number of aromatic nitrogens is 2. The van der Waals surface area contributed by atoms with Gasteiger partial charge in [0, 0.05) is 25.2 Å². The van der Waals surface area contributed by atoms with Gasteiger partial charge in [-0.15, -0.1) is 0 Å². The van der Waals surface area contributed by atoms with Crippen LogP contribution in [0.4, 0.5) is 8.78 Å². The predicted octanol–water partition coefficient (Wildman–Crippen LogP) is 1.67. The van der Waals surface area contributed by atoms with E-state index < -0.39 is 12.0 Å². The smallest absolute Gasteiger partial charge is 0.282 e. The van der Waals surface area contributed by atoms with Crippen molar-refractivity contribution in [2.24, 2.45) is 7.05 Å². The second kappa shape index (κ2) is 3.65. The van der Waals surface area contributed by atoms with Crippen molar-refractivity contribution in [2.45, 2.75) is 32.3 Å². The van der Waals surface area contributed by atoms with E-state index in [1.807, 2.05) is 0 Å². The Morgan fingerprint density at radius 3 is 2.57 bits per heavy atom. The largest absolute Gasteiger partial charge is 0.390 e. The highest BCUT2D eigenvalue weighted by Crippen LogP contribution is 2.24. The number of halogens is 2. The van der Waals surface area contributed by atoms with Gasteiger partial charge in [-0.2, -0.15) is 5.10 Å². The zero-order valence-electron chi connectivity index (χ0n) is 8.46. The van der Waals surface area contributed by atoms with Crippen LogP contribution in [0.2, 0.25) is 0 Å². The molecule has 0 bridgehead atoms. The number of alkyl halides is 2. The van der Waals surface area contributed by atoms with Crippen molar-refractivity contribution in [1.29, 1.82) is 0 Å². The van der Waals surface area contributed by atoms with Crippen LogP contribution in [0.3, 0.4) is 0 Å². The normalized spacial score (nSPS) is 12.5. The lowest BCUT2D eigenvalue weighted by Gasteiger charge is -2.16. The molecule has 80 valence electrons. The molecule has 0 aliphatic carbocycles. The summed E-state index contributed by atoms with van der Waals surface area (Å²) < 4.78 is 26.3. The lowest BCUT2D eigenvalue weighted by Crippen LogP contribution is -2.22. The lowest BCUT2D eigenvalue weighted by molar-refractivity contribution is 0.0790. The Morgan fingerprint density at radius 1 is 1.57 bits per heavy atom. The van der Waals surface area contributed by atoms with Gasteiger partial charge in [0.05, 0.1) is 5.60 Å². The van der Waals surface area contributed by atoms with Gasteiger partial charge in [-0.3, -0.25) is 4.68 Å². The van der Waals surface area contributed by atoms with E-state index in [9.17, 15) is 13.9 Å². The second-order valence-electron chi connectivity index (χ2n) is 4.00. The zero-order chi connectivity index (χ0) is 10.9. The molecule has 0 saturated carbocycles. The second-order valence-corrected chi connectivity index (χ2v) is 4.00. The van der Waals surface area contributed by atoms with Gasteiger partial charge in [0.15, 0.2) is 0 Å². The highest BCUT2D eigenvalue weighted by atomic mass is 19.3. The molecule has 14 heavy (non-hydrogen) atoms. The van der Waals surface area contributed by atoms with Gasteiger partial charge in [0.2, 0.25) is 0 Å². The van der Waals surface area contributed by atoms with Crippen LogP contribution in [0.5, 0.6) is 0 Å². The van der Waals surface area contributed by atoms with E-state index in [2.05, 4.69) is 5.10 Å². The maximum atomic E-state index is 12.5. The number of hydrogen-bond donors (Lipinski definition) is 1. The fourth-order valence-electron chi connectivity index (χ4n) is 1.34. The summed E-state index contributed by atoms with van der Waals surface area (Å²) in [7, 11) is 1.58. The van der Waals surface area contributed by atoms with Gasteiger partial charge in [-0.1, -0.05) is 0 Å². The average Bonchev–Trinajstić information content (AvgIpc) is 2.27. The van der Waals surface area contributed by atoms with Crippen molar-refractivity contribution < 1.29 is 13.9 Å². The summed E-state index contributed by atoms with van der Waals surface area (Å²) in [5, 5.41) is 13.2. The van der Waals surface area contributed by atoms with E-state index in [1.54, 1.807) is 20.9 Å². The van der Waals surface area contributed by atoms with Gasteiger partial charge < -0.3 is 5.11 Å². The molecule has 0 atom stereocenters. The van der Waals surface area contributed by atoms with Crippen LogP contribution >= 0.6 is 0 Å². The van der Waals surface area contributed by atoms with E-state index >= 15 is 0 Å². The summed E-state index contributed by atoms with van der Waals surface area (Å²) in [6.45, 7) is 3.16. The van der Waals surface area contributed by atoms with Crippen LogP contribution in [0.25, 0.3) is 0 Å². The van der Waals surface area contributed by atoms with E-state index in [0.29, 0.717) is 5.56 Å². The molecule has 0 unspecified atom stereocenters. The molecule has 1 N–H and O–H groups in total. The average molecular weight is 204 g/mol. The number of hydrogen-bond acceptors (Lipinski definition) is 2. The third kappa shape index (κ3) is 2.77. The minimum atomic E-state index is -2.59. The molecule has 3 nitrogen and oxygen atoms in total. The molecule has 0 aliphatic rings. The fraction of sp³-hybridized carbons (Fsp3) is 0.667. The van der Waals surface area contributed by atoms with Crippen LogP contribution in [-0.2, 0) is 13.5 Å². The Labute approximate surface area is 81.4 Å². The Bertz CT molecular complexity index is 315. The molecular formula is C9H14F2N2O. The highest BCUT2D eigenvalue weighted by Gasteiger charge is 2.22. The molecule has 1 rings (SSSR count). The summed E-state index contributed by atoms with van der Waals surface area (Å²) in [6.07, 6.45) is -0.895. The van der Waals surface area contributed by atoms with Crippen molar-refractivity contribution in [3.05, 3.63) is 17.5 Å². The maximum absolute atomic E-state index is 12.5. The summed E-state index contributed by atoms with van der Waals surface area (Å²) in [5.41, 5.74) is -0.836. The molecule has 0 fully saturated rings. The predicted molar refractivity (Wildman–Crippen MR) is 48.2 cm³/mol. The molecule has 1 heterocycles. The molecule has 0 radical (unpaired) electrons. The van der Waals surface area contributed by atoms with Crippen molar-refractivity contribution in [2.75, 3.05) is 0 Å². The molecule has 1 aromatic rings. The number of nitrogens with zero attached hydrogens (tertiary/aromatic N) is 2. The van der Waals surface area contributed by atoms with Crippen LogP contribution in [-0.4, -0.2) is 20.5 Å². The minimum Gasteiger partial charge on any atom is -0.390 e. The summed E-state index contributed by atoms with van der Waals surface area (Å²) in [5.74, 6) is 0. The van der Waals surface area contributed by atoms with Crippen molar-refractivity contribution in [3.63, 3.8) is 0 Å². The fourth-order valence-corrected chi connectivity index (χ4v) is 1.34. The van der Waals surface area contributed by atoms with E-state index in [0.717, 1.165) is 0 Å². The Kier molecular flexibility index (Phi) is 2.89. The van der Waals surface area contributed by atoms with Gasteiger partial charge in [-0.05, 0) is 13.8 Å². The number of aliphatic hydroxyl groups is 1. The van der Waals surface area contributed by atoms with Crippen LogP contribution in [0.1, 0.15) is 31.5 Å². The molecule has 0 saturated heterocycles. The lowest BCUT2D eigenvalue weighted by atomic mass is 9.99. The Hall–Kier alpha value is -0.970.